The maximum absolute atomic E-state index is 6.11. The number of nitrogens with zero attached hydrogens (tertiary/aromatic N) is 4. The van der Waals surface area contributed by atoms with Crippen LogP contribution in [0, 0.1) is 0 Å². The van der Waals surface area contributed by atoms with Gasteiger partial charge in [-0.15, -0.1) is 0 Å². The van der Waals surface area contributed by atoms with Crippen molar-refractivity contribution in [2.45, 2.75) is 29.7 Å². The van der Waals surface area contributed by atoms with Crippen LogP contribution in [0.2, 0.25) is 5.15 Å². The average Bonchev–Trinajstić information content (AvgIpc) is 2.63. The molecule has 6 heteroatoms. The molecule has 0 bridgehead atoms. The van der Waals surface area contributed by atoms with Gasteiger partial charge in [0.2, 0.25) is 0 Å². The van der Waals surface area contributed by atoms with Gasteiger partial charge in [-0.1, -0.05) is 37.2 Å². The third kappa shape index (κ3) is 2.79. The summed E-state index contributed by atoms with van der Waals surface area (Å²) in [5.74, 6) is 0.294. The summed E-state index contributed by atoms with van der Waals surface area (Å²) in [5.41, 5.74) is 0.989. The molecule has 2 aromatic heterocycles. The van der Waals surface area contributed by atoms with Crippen LogP contribution >= 0.6 is 23.4 Å². The van der Waals surface area contributed by atoms with Crippen LogP contribution in [0.3, 0.4) is 0 Å². The normalized spacial score (nSPS) is 11.1. The molecule has 0 aliphatic carbocycles. The SMILES string of the molecule is CC(C)c1c(Cl)ncnc1Sc1cnn(C)c1. The van der Waals surface area contributed by atoms with Crippen LogP contribution < -0.4 is 0 Å². The van der Waals surface area contributed by atoms with Gasteiger partial charge in [0.05, 0.1) is 11.1 Å². The number of rotatable bonds is 3. The molecule has 0 saturated carbocycles. The molecule has 0 unspecified atom stereocenters. The lowest BCUT2D eigenvalue weighted by Crippen LogP contribution is -1.97. The summed E-state index contributed by atoms with van der Waals surface area (Å²) >= 11 is 7.67. The summed E-state index contributed by atoms with van der Waals surface area (Å²) in [6.45, 7) is 4.16. The molecule has 0 fully saturated rings. The van der Waals surface area contributed by atoms with Crippen molar-refractivity contribution in [2.75, 3.05) is 0 Å². The van der Waals surface area contributed by atoms with Crippen LogP contribution in [0.5, 0.6) is 0 Å². The molecule has 0 spiro atoms. The van der Waals surface area contributed by atoms with Crippen molar-refractivity contribution in [1.29, 1.82) is 0 Å². The van der Waals surface area contributed by atoms with Crippen molar-refractivity contribution in [3.8, 4) is 0 Å². The van der Waals surface area contributed by atoms with Crippen LogP contribution in [-0.4, -0.2) is 19.7 Å². The highest BCUT2D eigenvalue weighted by Crippen LogP contribution is 2.34. The first-order valence-electron chi connectivity index (χ1n) is 5.25. The maximum Gasteiger partial charge on any atom is 0.137 e. The zero-order valence-corrected chi connectivity index (χ0v) is 11.5. The molecule has 2 rings (SSSR count). The topological polar surface area (TPSA) is 43.6 Å². The van der Waals surface area contributed by atoms with E-state index in [2.05, 4.69) is 28.9 Å². The van der Waals surface area contributed by atoms with E-state index in [0.717, 1.165) is 15.5 Å². The first-order valence-corrected chi connectivity index (χ1v) is 6.44. The van der Waals surface area contributed by atoms with Crippen LogP contribution in [0.15, 0.2) is 28.6 Å². The van der Waals surface area contributed by atoms with Gasteiger partial charge in [0.1, 0.15) is 16.5 Å². The van der Waals surface area contributed by atoms with Gasteiger partial charge in [-0.2, -0.15) is 5.10 Å². The monoisotopic (exact) mass is 268 g/mol. The van der Waals surface area contributed by atoms with Crippen molar-refractivity contribution >= 4 is 23.4 Å². The predicted molar refractivity (Wildman–Crippen MR) is 68.5 cm³/mol. The number of halogens is 1. The quantitative estimate of drug-likeness (QED) is 0.802. The number of aryl methyl sites for hydroxylation is 1. The Morgan fingerprint density at radius 1 is 1.35 bits per heavy atom. The molecule has 17 heavy (non-hydrogen) atoms. The van der Waals surface area contributed by atoms with Crippen LogP contribution in [0.25, 0.3) is 0 Å². The molecular weight excluding hydrogens is 256 g/mol. The largest absolute Gasteiger partial charge is 0.275 e. The smallest absolute Gasteiger partial charge is 0.137 e. The Labute approximate surface area is 109 Å². The zero-order chi connectivity index (χ0) is 12.4. The van der Waals surface area contributed by atoms with Crippen molar-refractivity contribution in [3.63, 3.8) is 0 Å². The van der Waals surface area contributed by atoms with Crippen molar-refractivity contribution in [3.05, 3.63) is 29.4 Å². The number of hydrogen-bond acceptors (Lipinski definition) is 4. The third-order valence-electron chi connectivity index (χ3n) is 2.27. The van der Waals surface area contributed by atoms with E-state index in [4.69, 9.17) is 11.6 Å². The van der Waals surface area contributed by atoms with Crippen LogP contribution in [0.1, 0.15) is 25.3 Å². The summed E-state index contributed by atoms with van der Waals surface area (Å²) < 4.78 is 1.76. The highest BCUT2D eigenvalue weighted by molar-refractivity contribution is 7.99. The van der Waals surface area contributed by atoms with E-state index in [1.807, 2.05) is 19.4 Å². The summed E-state index contributed by atoms with van der Waals surface area (Å²) in [7, 11) is 1.89. The van der Waals surface area contributed by atoms with Gasteiger partial charge < -0.3 is 0 Å². The van der Waals surface area contributed by atoms with Gasteiger partial charge in [-0.3, -0.25) is 4.68 Å². The standard InChI is InChI=1S/C11H13ClN4S/c1-7(2)9-10(12)13-6-14-11(9)17-8-4-15-16(3)5-8/h4-7H,1-3H3. The minimum absolute atomic E-state index is 0.294. The molecular formula is C11H13ClN4S. The van der Waals surface area contributed by atoms with E-state index in [0.29, 0.717) is 11.1 Å². The lowest BCUT2D eigenvalue weighted by Gasteiger charge is -2.11. The second-order valence-corrected chi connectivity index (χ2v) is 5.41. The van der Waals surface area contributed by atoms with Gasteiger partial charge in [-0.25, -0.2) is 9.97 Å². The molecule has 0 aromatic carbocycles. The molecule has 0 radical (unpaired) electrons. The highest BCUT2D eigenvalue weighted by Gasteiger charge is 2.15. The van der Waals surface area contributed by atoms with E-state index in [9.17, 15) is 0 Å². The van der Waals surface area contributed by atoms with Crippen molar-refractivity contribution in [1.82, 2.24) is 19.7 Å². The summed E-state index contributed by atoms with van der Waals surface area (Å²) in [5, 5.41) is 5.55. The molecule has 0 N–H and O–H groups in total. The van der Waals surface area contributed by atoms with Gasteiger partial charge in [0.25, 0.3) is 0 Å². The lowest BCUT2D eigenvalue weighted by molar-refractivity contribution is 0.766. The molecule has 2 aromatic rings. The Bertz CT molecular complexity index is 524. The van der Waals surface area contributed by atoms with Gasteiger partial charge in [-0.05, 0) is 5.92 Å². The van der Waals surface area contributed by atoms with Crippen molar-refractivity contribution < 1.29 is 0 Å². The molecule has 0 aliphatic rings. The first kappa shape index (κ1) is 12.4. The number of aromatic nitrogens is 4. The van der Waals surface area contributed by atoms with E-state index in [1.54, 1.807) is 16.4 Å². The second kappa shape index (κ2) is 5.06. The second-order valence-electron chi connectivity index (χ2n) is 3.99. The minimum Gasteiger partial charge on any atom is -0.275 e. The molecule has 0 atom stereocenters. The summed E-state index contributed by atoms with van der Waals surface area (Å²) in [4.78, 5) is 9.37. The molecule has 4 nitrogen and oxygen atoms in total. The fourth-order valence-corrected chi connectivity index (χ4v) is 2.97. The van der Waals surface area contributed by atoms with E-state index < -0.39 is 0 Å². The van der Waals surface area contributed by atoms with Crippen molar-refractivity contribution in [2.24, 2.45) is 7.05 Å². The third-order valence-corrected chi connectivity index (χ3v) is 3.54. The summed E-state index contributed by atoms with van der Waals surface area (Å²) in [6.07, 6.45) is 5.25. The lowest BCUT2D eigenvalue weighted by atomic mass is 10.1. The van der Waals surface area contributed by atoms with Crippen LogP contribution in [-0.2, 0) is 7.05 Å². The fourth-order valence-electron chi connectivity index (χ4n) is 1.49. The summed E-state index contributed by atoms with van der Waals surface area (Å²) in [6, 6.07) is 0. The van der Waals surface area contributed by atoms with Crippen LogP contribution in [0.4, 0.5) is 0 Å². The zero-order valence-electron chi connectivity index (χ0n) is 9.88. The molecule has 0 aliphatic heterocycles. The first-order chi connectivity index (χ1) is 8.08. The maximum atomic E-state index is 6.11. The predicted octanol–water partition coefficient (Wildman–Crippen LogP) is 3.14. The van der Waals surface area contributed by atoms with Gasteiger partial charge in [0, 0.05) is 18.8 Å². The fraction of sp³-hybridized carbons (Fsp3) is 0.364. The molecule has 90 valence electrons. The van der Waals surface area contributed by atoms with E-state index in [1.165, 1.54) is 6.33 Å². The number of hydrogen-bond donors (Lipinski definition) is 0. The average molecular weight is 269 g/mol. The molecule has 2 heterocycles. The highest BCUT2D eigenvalue weighted by atomic mass is 35.5. The Hall–Kier alpha value is -1.07. The molecule has 0 amide bonds. The van der Waals surface area contributed by atoms with E-state index in [-0.39, 0.29) is 0 Å². The Balaban J connectivity index is 2.35. The Morgan fingerprint density at radius 2 is 2.12 bits per heavy atom. The van der Waals surface area contributed by atoms with Gasteiger partial charge >= 0.3 is 0 Å². The Morgan fingerprint density at radius 3 is 2.71 bits per heavy atom. The van der Waals surface area contributed by atoms with E-state index >= 15 is 0 Å². The Kier molecular flexibility index (Phi) is 3.69. The molecule has 0 saturated heterocycles. The van der Waals surface area contributed by atoms with Gasteiger partial charge in [0.15, 0.2) is 0 Å². The minimum atomic E-state index is 0.294.